The van der Waals surface area contributed by atoms with Crippen LogP contribution in [0.5, 0.6) is 0 Å². The van der Waals surface area contributed by atoms with Gasteiger partial charge in [0.25, 0.3) is 0 Å². The van der Waals surface area contributed by atoms with Crippen LogP contribution >= 0.6 is 0 Å². The summed E-state index contributed by atoms with van der Waals surface area (Å²) in [5.41, 5.74) is 8.98. The summed E-state index contributed by atoms with van der Waals surface area (Å²) in [4.78, 5) is 2.37. The van der Waals surface area contributed by atoms with E-state index in [1.54, 1.807) is 0 Å². The Morgan fingerprint density at radius 3 is 2.34 bits per heavy atom. The lowest BCUT2D eigenvalue weighted by Crippen LogP contribution is -3.00. The van der Waals surface area contributed by atoms with Crippen molar-refractivity contribution in [1.29, 1.82) is 0 Å². The lowest BCUT2D eigenvalue weighted by molar-refractivity contribution is -0.669. The number of fused-ring (bicyclic) bond motifs is 2. The van der Waals surface area contributed by atoms with E-state index >= 15 is 0 Å². The molecule has 0 atom stereocenters. The standard InChI is InChI=1S/C27H29N2.HI.2H3N/c1-5-28-21(4)19-22(25-15-8-10-17-27(25)28)12-11-13-23-18-20(3)24-14-7-9-16-26(24)29(23)6-2;;;/h7-19H,5-6H2,1-4H3;1H;2*1H3/q+1;;;/p-1. The van der Waals surface area contributed by atoms with Crippen molar-refractivity contribution in [2.45, 2.75) is 34.2 Å². The van der Waals surface area contributed by atoms with E-state index in [4.69, 9.17) is 0 Å². The van der Waals surface area contributed by atoms with Gasteiger partial charge >= 0.3 is 0 Å². The Bertz CT molecular complexity index is 1160. The summed E-state index contributed by atoms with van der Waals surface area (Å²) in [6.45, 7) is 10.7. The topological polar surface area (TPSA) is 77.1 Å². The number of pyridine rings is 1. The zero-order valence-corrected chi connectivity index (χ0v) is 21.8. The summed E-state index contributed by atoms with van der Waals surface area (Å²) in [7, 11) is 0. The first-order valence-corrected chi connectivity index (χ1v) is 10.5. The van der Waals surface area contributed by atoms with Crippen molar-refractivity contribution >= 4 is 28.2 Å². The number of hydrogen-bond acceptors (Lipinski definition) is 3. The Balaban J connectivity index is 0.00000171. The lowest BCUT2D eigenvalue weighted by Gasteiger charge is -2.31. The minimum atomic E-state index is 0. The lowest BCUT2D eigenvalue weighted by atomic mass is 9.97. The number of nitrogens with zero attached hydrogens (tertiary/aromatic N) is 2. The molecule has 3 aromatic rings. The third-order valence-electron chi connectivity index (χ3n) is 5.77. The van der Waals surface area contributed by atoms with E-state index in [9.17, 15) is 0 Å². The second-order valence-electron chi connectivity index (χ2n) is 7.54. The van der Waals surface area contributed by atoms with Gasteiger partial charge < -0.3 is 41.2 Å². The van der Waals surface area contributed by atoms with Gasteiger partial charge in [0.1, 0.15) is 6.54 Å². The molecule has 6 N–H and O–H groups in total. The third-order valence-corrected chi connectivity index (χ3v) is 5.77. The summed E-state index contributed by atoms with van der Waals surface area (Å²) in [6, 6.07) is 19.6. The maximum Gasteiger partial charge on any atom is 0.213 e. The van der Waals surface area contributed by atoms with Crippen molar-refractivity contribution in [1.82, 2.24) is 12.3 Å². The van der Waals surface area contributed by atoms with Crippen molar-refractivity contribution in [3.05, 3.63) is 95.3 Å². The molecule has 4 rings (SSSR count). The Kier molecular flexibility index (Phi) is 10.3. The molecule has 0 bridgehead atoms. The summed E-state index contributed by atoms with van der Waals surface area (Å²) in [6.07, 6.45) is 8.94. The fourth-order valence-electron chi connectivity index (χ4n) is 4.38. The van der Waals surface area contributed by atoms with Crippen LogP contribution < -0.4 is 45.7 Å². The van der Waals surface area contributed by atoms with E-state index in [0.29, 0.717) is 0 Å². The Hall–Kier alpha value is -2.48. The highest BCUT2D eigenvalue weighted by atomic mass is 127. The predicted octanol–water partition coefficient (Wildman–Crippen LogP) is 3.62. The van der Waals surface area contributed by atoms with Crippen molar-refractivity contribution in [3.8, 4) is 0 Å². The van der Waals surface area contributed by atoms with Crippen LogP contribution in [-0.4, -0.2) is 6.54 Å². The van der Waals surface area contributed by atoms with Crippen LogP contribution in [0.3, 0.4) is 0 Å². The van der Waals surface area contributed by atoms with E-state index in [-0.39, 0.29) is 36.3 Å². The second-order valence-corrected chi connectivity index (χ2v) is 7.54. The number of halogens is 1. The van der Waals surface area contributed by atoms with Crippen LogP contribution in [0.1, 0.15) is 37.6 Å². The summed E-state index contributed by atoms with van der Waals surface area (Å²) in [5, 5.41) is 1.32. The number of hydrogen-bond donors (Lipinski definition) is 2. The molecule has 1 aromatic heterocycles. The zero-order chi connectivity index (χ0) is 20.4. The highest BCUT2D eigenvalue weighted by Gasteiger charge is 2.18. The molecule has 2 aromatic carbocycles. The largest absolute Gasteiger partial charge is 1.00 e. The summed E-state index contributed by atoms with van der Waals surface area (Å²) >= 11 is 0. The van der Waals surface area contributed by atoms with Crippen molar-refractivity contribution in [2.24, 2.45) is 0 Å². The maximum atomic E-state index is 2.38. The molecule has 0 spiro atoms. The molecule has 5 heteroatoms. The second kappa shape index (κ2) is 11.9. The predicted molar refractivity (Wildman–Crippen MR) is 135 cm³/mol. The highest BCUT2D eigenvalue weighted by Crippen LogP contribution is 2.35. The van der Waals surface area contributed by atoms with Gasteiger partial charge in [0, 0.05) is 47.1 Å². The average molecular weight is 543 g/mol. The van der Waals surface area contributed by atoms with Crippen molar-refractivity contribution < 1.29 is 28.5 Å². The highest BCUT2D eigenvalue weighted by molar-refractivity contribution is 5.88. The zero-order valence-electron chi connectivity index (χ0n) is 19.6. The van der Waals surface area contributed by atoms with Gasteiger partial charge in [0.15, 0.2) is 0 Å². The van der Waals surface area contributed by atoms with Gasteiger partial charge in [0.05, 0.1) is 0 Å². The molecule has 0 aliphatic carbocycles. The van der Waals surface area contributed by atoms with E-state index in [2.05, 4.69) is 116 Å². The molecule has 1 aliphatic rings. The first kappa shape index (κ1) is 27.6. The van der Waals surface area contributed by atoms with Crippen molar-refractivity contribution in [2.75, 3.05) is 11.4 Å². The van der Waals surface area contributed by atoms with E-state index in [1.165, 1.54) is 44.7 Å². The number of aryl methyl sites for hydroxylation is 2. The summed E-state index contributed by atoms with van der Waals surface area (Å²) < 4.78 is 2.38. The Labute approximate surface area is 209 Å². The fraction of sp³-hybridized carbons (Fsp3) is 0.222. The molecule has 0 unspecified atom stereocenters. The molecule has 0 radical (unpaired) electrons. The van der Waals surface area contributed by atoms with Gasteiger partial charge in [-0.05, 0) is 57.0 Å². The number of allylic oxidation sites excluding steroid dienone is 5. The molecular weight excluding hydrogens is 507 g/mol. The van der Waals surface area contributed by atoms with E-state index in [1.807, 2.05) is 0 Å². The van der Waals surface area contributed by atoms with E-state index in [0.717, 1.165) is 13.1 Å². The molecular formula is C27H35IN4. The Morgan fingerprint density at radius 1 is 0.938 bits per heavy atom. The van der Waals surface area contributed by atoms with E-state index < -0.39 is 0 Å². The van der Waals surface area contributed by atoms with Gasteiger partial charge in [-0.3, -0.25) is 0 Å². The maximum absolute atomic E-state index is 2.38. The van der Waals surface area contributed by atoms with Crippen LogP contribution in [0.15, 0.2) is 78.5 Å². The molecule has 32 heavy (non-hydrogen) atoms. The van der Waals surface area contributed by atoms with Gasteiger partial charge in [0.2, 0.25) is 11.2 Å². The normalized spacial score (nSPS) is 13.8. The van der Waals surface area contributed by atoms with Gasteiger partial charge in [-0.2, -0.15) is 4.57 Å². The number of benzene rings is 2. The quantitative estimate of drug-likeness (QED) is 0.391. The average Bonchev–Trinajstić information content (AvgIpc) is 2.74. The number of anilines is 1. The van der Waals surface area contributed by atoms with Crippen LogP contribution in [0.25, 0.3) is 22.6 Å². The fourth-order valence-corrected chi connectivity index (χ4v) is 4.38. The smallest absolute Gasteiger partial charge is 0.213 e. The van der Waals surface area contributed by atoms with Gasteiger partial charge in [-0.15, -0.1) is 0 Å². The third kappa shape index (κ3) is 5.11. The van der Waals surface area contributed by atoms with Crippen molar-refractivity contribution in [3.63, 3.8) is 0 Å². The first-order chi connectivity index (χ1) is 14.1. The molecule has 2 heterocycles. The molecule has 1 aliphatic heterocycles. The van der Waals surface area contributed by atoms with Crippen LogP contribution in [-0.2, 0) is 6.54 Å². The molecule has 0 fully saturated rings. The van der Waals surface area contributed by atoms with Crippen LogP contribution in [0.4, 0.5) is 5.69 Å². The number of aromatic nitrogens is 1. The number of rotatable bonds is 4. The molecule has 4 nitrogen and oxygen atoms in total. The van der Waals surface area contributed by atoms with Gasteiger partial charge in [-0.25, -0.2) is 0 Å². The minimum absolute atomic E-state index is 0. The Morgan fingerprint density at radius 2 is 1.62 bits per heavy atom. The van der Waals surface area contributed by atoms with Gasteiger partial charge in [-0.1, -0.05) is 42.5 Å². The van der Waals surface area contributed by atoms with Crippen LogP contribution in [0.2, 0.25) is 0 Å². The monoisotopic (exact) mass is 542 g/mol. The molecule has 0 amide bonds. The minimum Gasteiger partial charge on any atom is -1.00 e. The molecule has 0 saturated heterocycles. The SMILES string of the molecule is CCN1C(C)=C/C(=C/C=C/c2cc(C)c3ccccc3[n+]2CC)c2ccccc21.N.N.[I-]. The molecule has 0 saturated carbocycles. The molecule has 170 valence electrons. The number of para-hydroxylation sites is 2. The summed E-state index contributed by atoms with van der Waals surface area (Å²) in [5.74, 6) is 0. The first-order valence-electron chi connectivity index (χ1n) is 10.5. The van der Waals surface area contributed by atoms with Crippen LogP contribution in [0, 0.1) is 6.92 Å².